The van der Waals surface area contributed by atoms with Crippen LogP contribution in [0.4, 0.5) is 0 Å². The zero-order valence-corrected chi connectivity index (χ0v) is 16.7. The molecular formula is C20H10Cl2O6S. The average molecular weight is 449 g/mol. The largest absolute Gasteiger partial charge is 0.456 e. The number of carbonyl (C=O) groups is 1. The fourth-order valence-electron chi connectivity index (χ4n) is 3.94. The predicted molar refractivity (Wildman–Crippen MR) is 105 cm³/mol. The molecule has 146 valence electrons. The molecule has 0 bridgehead atoms. The van der Waals surface area contributed by atoms with E-state index in [0.29, 0.717) is 16.9 Å². The van der Waals surface area contributed by atoms with E-state index in [1.807, 2.05) is 0 Å². The SMILES string of the molecule is O=C1OC2(c3ccccc3Oc3cc(Cl)c(Cl)c(S(=O)(=O)O)c32)c2ccccc21. The molecule has 0 saturated carbocycles. The van der Waals surface area contributed by atoms with E-state index in [-0.39, 0.29) is 21.9 Å². The summed E-state index contributed by atoms with van der Waals surface area (Å²) in [7, 11) is -4.87. The lowest BCUT2D eigenvalue weighted by molar-refractivity contribution is 0.0214. The lowest BCUT2D eigenvalue weighted by atomic mass is 9.77. The number of hydrogen-bond acceptors (Lipinski definition) is 5. The Labute approximate surface area is 175 Å². The van der Waals surface area contributed by atoms with Crippen LogP contribution in [0.5, 0.6) is 11.5 Å². The molecule has 1 N–H and O–H groups in total. The van der Waals surface area contributed by atoms with Gasteiger partial charge in [-0.05, 0) is 12.1 Å². The Balaban J connectivity index is 2.02. The van der Waals surface area contributed by atoms with E-state index in [4.69, 9.17) is 32.7 Å². The van der Waals surface area contributed by atoms with Gasteiger partial charge in [-0.25, -0.2) is 4.79 Å². The van der Waals surface area contributed by atoms with Gasteiger partial charge in [-0.2, -0.15) is 8.42 Å². The summed E-state index contributed by atoms with van der Waals surface area (Å²) in [4.78, 5) is 12.1. The van der Waals surface area contributed by atoms with Crippen molar-refractivity contribution < 1.29 is 27.2 Å². The minimum atomic E-state index is -4.87. The normalized spacial score (nSPS) is 19.2. The fraction of sp³-hybridized carbons (Fsp3) is 0.0500. The van der Waals surface area contributed by atoms with Crippen molar-refractivity contribution in [2.75, 3.05) is 0 Å². The van der Waals surface area contributed by atoms with Gasteiger partial charge < -0.3 is 9.47 Å². The molecule has 1 spiro atoms. The Morgan fingerprint density at radius 3 is 2.31 bits per heavy atom. The molecule has 9 heteroatoms. The lowest BCUT2D eigenvalue weighted by Gasteiger charge is -2.37. The minimum Gasteiger partial charge on any atom is -0.456 e. The van der Waals surface area contributed by atoms with E-state index in [9.17, 15) is 17.8 Å². The first-order valence-electron chi connectivity index (χ1n) is 8.35. The van der Waals surface area contributed by atoms with Crippen LogP contribution in [0, 0.1) is 0 Å². The maximum atomic E-state index is 12.7. The maximum absolute atomic E-state index is 12.7. The molecule has 0 saturated heterocycles. The van der Waals surface area contributed by atoms with Crippen LogP contribution in [-0.2, 0) is 20.5 Å². The zero-order chi connectivity index (χ0) is 20.6. The summed E-state index contributed by atoms with van der Waals surface area (Å²) in [5.41, 5.74) is -0.717. The second-order valence-electron chi connectivity index (χ2n) is 6.56. The average Bonchev–Trinajstić information content (AvgIpc) is 2.96. The molecule has 0 radical (unpaired) electrons. The van der Waals surface area contributed by atoms with Crippen LogP contribution in [0.2, 0.25) is 10.0 Å². The minimum absolute atomic E-state index is 0.00947. The van der Waals surface area contributed by atoms with Crippen molar-refractivity contribution in [3.63, 3.8) is 0 Å². The summed E-state index contributed by atoms with van der Waals surface area (Å²) >= 11 is 12.3. The molecule has 2 heterocycles. The molecule has 1 unspecified atom stereocenters. The quantitative estimate of drug-likeness (QED) is 0.424. The van der Waals surface area contributed by atoms with Crippen molar-refractivity contribution in [1.29, 1.82) is 0 Å². The van der Waals surface area contributed by atoms with Crippen molar-refractivity contribution in [3.05, 3.63) is 86.9 Å². The van der Waals surface area contributed by atoms with Gasteiger partial charge in [-0.15, -0.1) is 0 Å². The van der Waals surface area contributed by atoms with E-state index in [0.717, 1.165) is 0 Å². The monoisotopic (exact) mass is 448 g/mol. The summed E-state index contributed by atoms with van der Waals surface area (Å²) < 4.78 is 46.4. The number of esters is 1. The third-order valence-electron chi connectivity index (χ3n) is 5.01. The number of hydrogen-bond donors (Lipinski definition) is 1. The molecule has 6 nitrogen and oxygen atoms in total. The number of fused-ring (bicyclic) bond motifs is 6. The van der Waals surface area contributed by atoms with Gasteiger partial charge >= 0.3 is 5.97 Å². The van der Waals surface area contributed by atoms with E-state index in [1.165, 1.54) is 6.07 Å². The van der Waals surface area contributed by atoms with Crippen LogP contribution in [0.15, 0.2) is 59.5 Å². The van der Waals surface area contributed by atoms with Gasteiger partial charge in [0.1, 0.15) is 16.4 Å². The molecule has 1 atom stereocenters. The van der Waals surface area contributed by atoms with Gasteiger partial charge in [0.25, 0.3) is 10.1 Å². The molecule has 2 aliphatic rings. The maximum Gasteiger partial charge on any atom is 0.340 e. The van der Waals surface area contributed by atoms with Crippen molar-refractivity contribution in [2.24, 2.45) is 0 Å². The Kier molecular flexibility index (Phi) is 3.79. The van der Waals surface area contributed by atoms with E-state index < -0.39 is 31.6 Å². The van der Waals surface area contributed by atoms with Gasteiger partial charge in [-0.3, -0.25) is 4.55 Å². The van der Waals surface area contributed by atoms with Crippen LogP contribution in [-0.4, -0.2) is 18.9 Å². The molecular weight excluding hydrogens is 439 g/mol. The number of carbonyl (C=O) groups excluding carboxylic acids is 1. The molecule has 2 aliphatic heterocycles. The predicted octanol–water partition coefficient (Wildman–Crippen LogP) is 4.81. The molecule has 0 fully saturated rings. The first-order chi connectivity index (χ1) is 13.7. The van der Waals surface area contributed by atoms with Crippen molar-refractivity contribution in [2.45, 2.75) is 10.5 Å². The number of para-hydroxylation sites is 1. The van der Waals surface area contributed by atoms with Gasteiger partial charge in [0.05, 0.1) is 21.2 Å². The van der Waals surface area contributed by atoms with Crippen LogP contribution in [0.3, 0.4) is 0 Å². The summed E-state index contributed by atoms with van der Waals surface area (Å²) in [6.07, 6.45) is 0. The molecule has 29 heavy (non-hydrogen) atoms. The first kappa shape index (κ1) is 18.4. The second-order valence-corrected chi connectivity index (χ2v) is 8.71. The number of rotatable bonds is 1. The third-order valence-corrected chi connectivity index (χ3v) is 6.83. The standard InChI is InChI=1S/C20H10Cl2O6S/c21-13-9-15-16(18(17(13)22)29(24,25)26)20(12-7-3-4-8-14(12)27-15)11-6-2-1-5-10(11)19(23)28-20/h1-9H,(H,24,25,26). The Bertz CT molecular complexity index is 1330. The number of halogens is 2. The highest BCUT2D eigenvalue weighted by molar-refractivity contribution is 7.86. The van der Waals surface area contributed by atoms with Gasteiger partial charge in [0, 0.05) is 17.2 Å². The molecule has 0 amide bonds. The van der Waals surface area contributed by atoms with Crippen LogP contribution in [0.1, 0.15) is 27.0 Å². The summed E-state index contributed by atoms with van der Waals surface area (Å²) in [6, 6.07) is 14.7. The van der Waals surface area contributed by atoms with Crippen LogP contribution in [0.25, 0.3) is 0 Å². The third kappa shape index (κ3) is 2.39. The fourth-order valence-corrected chi connectivity index (χ4v) is 5.47. The zero-order valence-electron chi connectivity index (χ0n) is 14.3. The second kappa shape index (κ2) is 5.96. The van der Waals surface area contributed by atoms with Crippen LogP contribution >= 0.6 is 23.2 Å². The number of ether oxygens (including phenoxy) is 2. The summed E-state index contributed by atoms with van der Waals surface area (Å²) in [5.74, 6) is -0.282. The van der Waals surface area contributed by atoms with Gasteiger partial charge in [-0.1, -0.05) is 59.6 Å². The van der Waals surface area contributed by atoms with Crippen molar-refractivity contribution in [3.8, 4) is 11.5 Å². The Morgan fingerprint density at radius 2 is 1.59 bits per heavy atom. The van der Waals surface area contributed by atoms with Crippen molar-refractivity contribution >= 4 is 39.3 Å². The highest BCUT2D eigenvalue weighted by Gasteiger charge is 2.56. The number of benzene rings is 3. The van der Waals surface area contributed by atoms with Gasteiger partial charge in [0.2, 0.25) is 0 Å². The van der Waals surface area contributed by atoms with Gasteiger partial charge in [0.15, 0.2) is 5.60 Å². The smallest absolute Gasteiger partial charge is 0.340 e. The Morgan fingerprint density at radius 1 is 0.931 bits per heavy atom. The summed E-state index contributed by atoms with van der Waals surface area (Å²) in [5, 5.41) is -0.527. The molecule has 0 aliphatic carbocycles. The highest BCUT2D eigenvalue weighted by atomic mass is 35.5. The molecule has 3 aromatic carbocycles. The Hall–Kier alpha value is -2.58. The topological polar surface area (TPSA) is 89.9 Å². The van der Waals surface area contributed by atoms with E-state index in [2.05, 4.69) is 0 Å². The lowest BCUT2D eigenvalue weighted by Crippen LogP contribution is -2.35. The van der Waals surface area contributed by atoms with Crippen LogP contribution < -0.4 is 4.74 Å². The molecule has 5 rings (SSSR count). The summed E-state index contributed by atoms with van der Waals surface area (Å²) in [6.45, 7) is 0. The highest BCUT2D eigenvalue weighted by Crippen LogP contribution is 2.59. The molecule has 0 aromatic heterocycles. The van der Waals surface area contributed by atoms with E-state index in [1.54, 1.807) is 48.5 Å². The molecule has 3 aromatic rings. The van der Waals surface area contributed by atoms with E-state index >= 15 is 0 Å². The first-order valence-corrected chi connectivity index (χ1v) is 10.5. The van der Waals surface area contributed by atoms with Crippen molar-refractivity contribution in [1.82, 2.24) is 0 Å².